The molecule has 0 fully saturated rings. The molecule has 31 heavy (non-hydrogen) atoms. The minimum atomic E-state index is 0.603. The molecule has 0 spiro atoms. The van der Waals surface area contributed by atoms with Crippen molar-refractivity contribution >= 4 is 39.3 Å². The van der Waals surface area contributed by atoms with Crippen molar-refractivity contribution in [3.8, 4) is 5.75 Å². The zero-order valence-corrected chi connectivity index (χ0v) is 17.5. The van der Waals surface area contributed by atoms with Crippen LogP contribution in [0.25, 0.3) is 21.8 Å². The second-order valence-electron chi connectivity index (χ2n) is 7.50. The monoisotopic (exact) mass is 412 g/mol. The van der Waals surface area contributed by atoms with Crippen LogP contribution >= 0.6 is 0 Å². The van der Waals surface area contributed by atoms with E-state index in [0.717, 1.165) is 52.2 Å². The van der Waals surface area contributed by atoms with Crippen LogP contribution in [0.15, 0.2) is 61.1 Å². The first-order valence-electron chi connectivity index (χ1n) is 10.3. The van der Waals surface area contributed by atoms with Crippen molar-refractivity contribution in [1.29, 1.82) is 0 Å². The van der Waals surface area contributed by atoms with Gasteiger partial charge in [0, 0.05) is 58.2 Å². The Morgan fingerprint density at radius 3 is 2.84 bits per heavy atom. The van der Waals surface area contributed by atoms with Crippen molar-refractivity contribution in [3.05, 3.63) is 72.2 Å². The molecule has 0 aliphatic heterocycles. The molecular weight excluding hydrogens is 388 g/mol. The summed E-state index contributed by atoms with van der Waals surface area (Å²) in [6.45, 7) is 2.72. The lowest BCUT2D eigenvalue weighted by molar-refractivity contribution is 0.415. The number of anilines is 3. The SMILES string of the molecule is COc1ccc2[nH]cc(CCNc3ncc(C)c(Nc4cccc5[nH]ccc45)n3)c2c1. The summed E-state index contributed by atoms with van der Waals surface area (Å²) in [5, 5.41) is 9.10. The van der Waals surface area contributed by atoms with Crippen LogP contribution in [0.4, 0.5) is 17.5 Å². The van der Waals surface area contributed by atoms with E-state index in [0.29, 0.717) is 5.95 Å². The molecule has 0 saturated heterocycles. The van der Waals surface area contributed by atoms with Gasteiger partial charge in [-0.1, -0.05) is 6.07 Å². The van der Waals surface area contributed by atoms with Crippen LogP contribution in [0.5, 0.6) is 5.75 Å². The van der Waals surface area contributed by atoms with Gasteiger partial charge < -0.3 is 25.3 Å². The van der Waals surface area contributed by atoms with E-state index in [1.54, 1.807) is 7.11 Å². The number of hydrogen-bond donors (Lipinski definition) is 4. The lowest BCUT2D eigenvalue weighted by Crippen LogP contribution is -2.09. The van der Waals surface area contributed by atoms with Crippen molar-refractivity contribution < 1.29 is 4.74 Å². The topological polar surface area (TPSA) is 90.6 Å². The standard InChI is InChI=1S/C24H24N6O/c1-15-13-28-24(30-23(15)29-22-5-3-4-20-18(22)9-11-25-20)26-10-8-16-14-27-21-7-6-17(31-2)12-19(16)21/h3-7,9,11-14,25,27H,8,10H2,1-2H3,(H2,26,28,29,30). The number of rotatable bonds is 7. The number of nitrogens with one attached hydrogen (secondary N) is 4. The van der Waals surface area contributed by atoms with Gasteiger partial charge in [-0.25, -0.2) is 4.98 Å². The third kappa shape index (κ3) is 3.77. The molecule has 3 heterocycles. The predicted octanol–water partition coefficient (Wildman–Crippen LogP) is 5.15. The highest BCUT2D eigenvalue weighted by Gasteiger charge is 2.09. The molecule has 0 aliphatic rings. The second-order valence-corrected chi connectivity index (χ2v) is 7.50. The zero-order valence-electron chi connectivity index (χ0n) is 17.5. The van der Waals surface area contributed by atoms with Gasteiger partial charge >= 0.3 is 0 Å². The summed E-state index contributed by atoms with van der Waals surface area (Å²) in [4.78, 5) is 15.7. The van der Waals surface area contributed by atoms with E-state index in [2.05, 4.69) is 49.9 Å². The molecule has 0 aliphatic carbocycles. The Hall–Kier alpha value is -4.00. The molecule has 0 saturated carbocycles. The number of benzene rings is 2. The van der Waals surface area contributed by atoms with Crippen LogP contribution in [0, 0.1) is 6.92 Å². The van der Waals surface area contributed by atoms with Gasteiger partial charge in [-0.15, -0.1) is 0 Å². The first-order chi connectivity index (χ1) is 15.2. The van der Waals surface area contributed by atoms with Gasteiger partial charge in [-0.3, -0.25) is 0 Å². The number of aromatic nitrogens is 4. The minimum absolute atomic E-state index is 0.603. The van der Waals surface area contributed by atoms with Crippen molar-refractivity contribution in [3.63, 3.8) is 0 Å². The molecule has 4 N–H and O–H groups in total. The molecule has 5 aromatic rings. The van der Waals surface area contributed by atoms with Crippen LogP contribution in [-0.2, 0) is 6.42 Å². The maximum absolute atomic E-state index is 5.36. The molecule has 7 heteroatoms. The summed E-state index contributed by atoms with van der Waals surface area (Å²) in [7, 11) is 1.69. The highest BCUT2D eigenvalue weighted by Crippen LogP contribution is 2.27. The minimum Gasteiger partial charge on any atom is -0.497 e. The van der Waals surface area contributed by atoms with Crippen molar-refractivity contribution in [2.75, 3.05) is 24.3 Å². The van der Waals surface area contributed by atoms with E-state index in [-0.39, 0.29) is 0 Å². The summed E-state index contributed by atoms with van der Waals surface area (Å²) in [6, 6.07) is 14.3. The van der Waals surface area contributed by atoms with E-state index in [4.69, 9.17) is 9.72 Å². The summed E-state index contributed by atoms with van der Waals surface area (Å²) >= 11 is 0. The van der Waals surface area contributed by atoms with Crippen molar-refractivity contribution in [2.45, 2.75) is 13.3 Å². The molecule has 0 bridgehead atoms. The third-order valence-corrected chi connectivity index (χ3v) is 5.47. The smallest absolute Gasteiger partial charge is 0.224 e. The lowest BCUT2D eigenvalue weighted by atomic mass is 10.1. The van der Waals surface area contributed by atoms with E-state index in [9.17, 15) is 0 Å². The summed E-state index contributed by atoms with van der Waals surface area (Å²) < 4.78 is 5.36. The van der Waals surface area contributed by atoms with Crippen LogP contribution < -0.4 is 15.4 Å². The number of hydrogen-bond acceptors (Lipinski definition) is 5. The highest BCUT2D eigenvalue weighted by atomic mass is 16.5. The molecule has 2 aromatic carbocycles. The molecule has 0 atom stereocenters. The Balaban J connectivity index is 1.30. The molecule has 0 amide bonds. The molecule has 0 unspecified atom stereocenters. The number of fused-ring (bicyclic) bond motifs is 2. The fraction of sp³-hybridized carbons (Fsp3) is 0.167. The fourth-order valence-corrected chi connectivity index (χ4v) is 3.78. The van der Waals surface area contributed by atoms with Gasteiger partial charge in [-0.2, -0.15) is 4.98 Å². The molecule has 156 valence electrons. The highest BCUT2D eigenvalue weighted by molar-refractivity contribution is 5.93. The average Bonchev–Trinajstić information content (AvgIpc) is 3.43. The molecule has 0 radical (unpaired) electrons. The van der Waals surface area contributed by atoms with Crippen LogP contribution in [0.3, 0.4) is 0 Å². The number of aromatic amines is 2. The maximum Gasteiger partial charge on any atom is 0.224 e. The first-order valence-corrected chi connectivity index (χ1v) is 10.3. The van der Waals surface area contributed by atoms with Crippen LogP contribution in [0.1, 0.15) is 11.1 Å². The Labute approximate surface area is 179 Å². The Morgan fingerprint density at radius 1 is 1.03 bits per heavy atom. The molecule has 3 aromatic heterocycles. The van der Waals surface area contributed by atoms with Gasteiger partial charge in [0.05, 0.1) is 7.11 Å². The average molecular weight is 412 g/mol. The normalized spacial score (nSPS) is 11.2. The number of H-pyrrole nitrogens is 2. The van der Waals surface area contributed by atoms with Crippen molar-refractivity contribution in [1.82, 2.24) is 19.9 Å². The van der Waals surface area contributed by atoms with Gasteiger partial charge in [0.25, 0.3) is 0 Å². The third-order valence-electron chi connectivity index (χ3n) is 5.47. The maximum atomic E-state index is 5.36. The number of aryl methyl sites for hydroxylation is 1. The zero-order chi connectivity index (χ0) is 21.2. The summed E-state index contributed by atoms with van der Waals surface area (Å²) in [5.74, 6) is 2.26. The van der Waals surface area contributed by atoms with Gasteiger partial charge in [0.15, 0.2) is 0 Å². The quantitative estimate of drug-likeness (QED) is 0.297. The Bertz CT molecular complexity index is 1350. The summed E-state index contributed by atoms with van der Waals surface area (Å²) in [5.41, 5.74) is 5.42. The van der Waals surface area contributed by atoms with Gasteiger partial charge in [-0.05, 0) is 55.3 Å². The first kappa shape index (κ1) is 19.0. The molecular formula is C24H24N6O. The van der Waals surface area contributed by atoms with E-state index >= 15 is 0 Å². The predicted molar refractivity (Wildman–Crippen MR) is 125 cm³/mol. The summed E-state index contributed by atoms with van der Waals surface area (Å²) in [6.07, 6.45) is 6.67. The van der Waals surface area contributed by atoms with E-state index in [1.807, 2.05) is 43.7 Å². The Kier molecular flexibility index (Phi) is 4.92. The fourth-order valence-electron chi connectivity index (χ4n) is 3.78. The Morgan fingerprint density at radius 2 is 1.94 bits per heavy atom. The largest absolute Gasteiger partial charge is 0.497 e. The number of methoxy groups -OCH3 is 1. The lowest BCUT2D eigenvalue weighted by Gasteiger charge is -2.12. The second kappa shape index (κ2) is 8.02. The number of nitrogens with zero attached hydrogens (tertiary/aromatic N) is 2. The van der Waals surface area contributed by atoms with E-state index < -0.39 is 0 Å². The van der Waals surface area contributed by atoms with Crippen molar-refractivity contribution in [2.24, 2.45) is 0 Å². The van der Waals surface area contributed by atoms with Gasteiger partial charge in [0.1, 0.15) is 11.6 Å². The van der Waals surface area contributed by atoms with Crippen LogP contribution in [-0.4, -0.2) is 33.6 Å². The molecule has 7 nitrogen and oxygen atoms in total. The number of ether oxygens (including phenoxy) is 1. The molecule has 5 rings (SSSR count). The van der Waals surface area contributed by atoms with Gasteiger partial charge in [0.2, 0.25) is 5.95 Å². The van der Waals surface area contributed by atoms with Crippen LogP contribution in [0.2, 0.25) is 0 Å². The van der Waals surface area contributed by atoms with E-state index in [1.165, 1.54) is 10.9 Å².